The van der Waals surface area contributed by atoms with Crippen LogP contribution in [0.4, 0.5) is 0 Å². The van der Waals surface area contributed by atoms with E-state index in [9.17, 15) is 0 Å². The molecule has 27 aromatic rings. The summed E-state index contributed by atoms with van der Waals surface area (Å²) in [4.78, 5) is 29.9. The van der Waals surface area contributed by atoms with Crippen LogP contribution in [0, 0.1) is 0 Å². The molecule has 0 spiro atoms. The fourth-order valence-electron chi connectivity index (χ4n) is 20.3. The maximum atomic E-state index is 5.13. The number of fused-ring (bicyclic) bond motifs is 18. The van der Waals surface area contributed by atoms with Crippen molar-refractivity contribution in [3.8, 4) is 102 Å². The molecule has 0 saturated carbocycles. The van der Waals surface area contributed by atoms with Crippen LogP contribution in [0.5, 0.6) is 0 Å². The van der Waals surface area contributed by atoms with Crippen LogP contribution in [0.25, 0.3) is 233 Å². The zero-order valence-electron chi connectivity index (χ0n) is 71.4. The van der Waals surface area contributed by atoms with Gasteiger partial charge in [0.1, 0.15) is 0 Å². The number of pyridine rings is 3. The number of rotatable bonds is 12. The molecule has 134 heavy (non-hydrogen) atoms. The van der Waals surface area contributed by atoms with Gasteiger partial charge in [0, 0.05) is 139 Å². The molecule has 0 aliphatic carbocycles. The molecule has 0 radical (unpaired) electrons. The molecule has 0 N–H and O–H groups in total. The van der Waals surface area contributed by atoms with Crippen molar-refractivity contribution in [3.05, 3.63) is 474 Å². The van der Waals surface area contributed by atoms with E-state index in [0.29, 0.717) is 17.6 Å². The van der Waals surface area contributed by atoms with Crippen LogP contribution >= 0.6 is 0 Å². The SMILES string of the molecule is C.C.c1ccc(-c2ccc(-n3c4ccccc4c4c(-c5cncc6c5c5ccccc5n6-c5ccccc5)cccc43)cc2)cc1.c1ccc(-c2nc(-c3ccccc3)nc(-n3c4ccccc4c4c(-c5cncc6c5c5ccccc5n6-c5ccccc5)cccc43)n2)cc1.c1ccc(-n2c3ccccc3c3c(-c4nccc5c4c4ccccc4n5-c4ccccc4)cccc32)cc1. The second-order valence-electron chi connectivity index (χ2n) is 33.2. The van der Waals surface area contributed by atoms with Crippen LogP contribution in [0.15, 0.2) is 474 Å². The van der Waals surface area contributed by atoms with Gasteiger partial charge in [-0.25, -0.2) is 4.98 Å². The summed E-state index contributed by atoms with van der Waals surface area (Å²) >= 11 is 0. The molecule has 634 valence electrons. The first kappa shape index (κ1) is 80.6. The van der Waals surface area contributed by atoms with Crippen molar-refractivity contribution in [2.75, 3.05) is 0 Å². The summed E-state index contributed by atoms with van der Waals surface area (Å²) in [6, 6.07) is 156. The van der Waals surface area contributed by atoms with Crippen LogP contribution in [0.3, 0.4) is 0 Å². The van der Waals surface area contributed by atoms with E-state index in [2.05, 4.69) is 410 Å². The highest BCUT2D eigenvalue weighted by atomic mass is 15.2. The number of hydrogen-bond donors (Lipinski definition) is 0. The van der Waals surface area contributed by atoms with Crippen LogP contribution in [-0.4, -0.2) is 57.3 Å². The predicted octanol–water partition coefficient (Wildman–Crippen LogP) is 31.3. The zero-order chi connectivity index (χ0) is 87.1. The molecule has 0 unspecified atom stereocenters. The lowest BCUT2D eigenvalue weighted by molar-refractivity contribution is 0.953. The van der Waals surface area contributed by atoms with Crippen LogP contribution in [0.1, 0.15) is 14.9 Å². The maximum absolute atomic E-state index is 5.13. The third kappa shape index (κ3) is 13.4. The molecule has 27 rings (SSSR count). The Bertz CT molecular complexity index is 8900. The maximum Gasteiger partial charge on any atom is 0.238 e. The van der Waals surface area contributed by atoms with E-state index in [0.717, 1.165) is 111 Å². The van der Waals surface area contributed by atoms with Gasteiger partial charge in [0.2, 0.25) is 5.95 Å². The summed E-state index contributed by atoms with van der Waals surface area (Å²) < 4.78 is 13.9. The van der Waals surface area contributed by atoms with Gasteiger partial charge in [-0.3, -0.25) is 19.5 Å². The Balaban J connectivity index is 0.000000114. The molecule has 0 aliphatic rings. The van der Waals surface area contributed by atoms with E-state index in [1.807, 2.05) is 91.6 Å². The average molecular weight is 1720 g/mol. The minimum absolute atomic E-state index is 0. The van der Waals surface area contributed by atoms with Gasteiger partial charge in [-0.05, 0) is 144 Å². The van der Waals surface area contributed by atoms with Gasteiger partial charge >= 0.3 is 0 Å². The van der Waals surface area contributed by atoms with Gasteiger partial charge in [0.05, 0.1) is 84.3 Å². The Hall–Kier alpha value is -18.0. The van der Waals surface area contributed by atoms with E-state index in [1.165, 1.54) is 104 Å². The molecule has 0 atom stereocenters. The Morgan fingerprint density at radius 3 is 0.799 bits per heavy atom. The van der Waals surface area contributed by atoms with E-state index in [4.69, 9.17) is 29.9 Å². The predicted molar refractivity (Wildman–Crippen MR) is 558 cm³/mol. The summed E-state index contributed by atoms with van der Waals surface area (Å²) in [6.45, 7) is 0. The van der Waals surface area contributed by atoms with Crippen molar-refractivity contribution >= 4 is 131 Å². The molecule has 0 amide bonds. The smallest absolute Gasteiger partial charge is 0.238 e. The minimum atomic E-state index is 0. The van der Waals surface area contributed by atoms with E-state index in [-0.39, 0.29) is 14.9 Å². The molecular formula is C122H86N12. The number of para-hydroxylation sites is 10. The lowest BCUT2D eigenvalue weighted by Crippen LogP contribution is -2.06. The van der Waals surface area contributed by atoms with E-state index in [1.54, 1.807) is 0 Å². The fraction of sp³-hybridized carbons (Fsp3) is 0.0164. The average Bonchev–Trinajstić information content (AvgIpc) is 1.56. The Kier molecular flexibility index (Phi) is 20.4. The molecule has 0 aliphatic heterocycles. The molecule has 10 aromatic heterocycles. The molecule has 12 nitrogen and oxygen atoms in total. The second-order valence-corrected chi connectivity index (χ2v) is 33.2. The summed E-state index contributed by atoms with van der Waals surface area (Å²) in [7, 11) is 0. The normalized spacial score (nSPS) is 11.5. The first-order valence-corrected chi connectivity index (χ1v) is 44.6. The summed E-state index contributed by atoms with van der Waals surface area (Å²) in [6.07, 6.45) is 9.99. The third-order valence-electron chi connectivity index (χ3n) is 25.9. The molecule has 0 saturated heterocycles. The first-order valence-electron chi connectivity index (χ1n) is 44.6. The van der Waals surface area contributed by atoms with Crippen molar-refractivity contribution in [1.29, 1.82) is 0 Å². The number of nitrogens with zero attached hydrogens (tertiary/aromatic N) is 12. The third-order valence-corrected chi connectivity index (χ3v) is 25.9. The Morgan fingerprint density at radius 1 is 0.164 bits per heavy atom. The van der Waals surface area contributed by atoms with Gasteiger partial charge in [0.25, 0.3) is 0 Å². The molecule has 12 heteroatoms. The lowest BCUT2D eigenvalue weighted by atomic mass is 9.97. The lowest BCUT2D eigenvalue weighted by Gasteiger charge is -2.11. The van der Waals surface area contributed by atoms with Crippen molar-refractivity contribution in [3.63, 3.8) is 0 Å². The van der Waals surface area contributed by atoms with Gasteiger partial charge in [-0.15, -0.1) is 0 Å². The van der Waals surface area contributed by atoms with Crippen LogP contribution < -0.4 is 0 Å². The monoisotopic (exact) mass is 1720 g/mol. The van der Waals surface area contributed by atoms with E-state index < -0.39 is 0 Å². The highest BCUT2D eigenvalue weighted by Crippen LogP contribution is 2.49. The first-order chi connectivity index (χ1) is 65.6. The fourth-order valence-corrected chi connectivity index (χ4v) is 20.3. The minimum Gasteiger partial charge on any atom is -0.309 e. The Labute approximate surface area is 773 Å². The second kappa shape index (κ2) is 33.9. The van der Waals surface area contributed by atoms with E-state index >= 15 is 0 Å². The Morgan fingerprint density at radius 2 is 0.425 bits per heavy atom. The van der Waals surface area contributed by atoms with Gasteiger partial charge in [-0.1, -0.05) is 336 Å². The molecule has 0 bridgehead atoms. The van der Waals surface area contributed by atoms with Gasteiger partial charge < -0.3 is 22.8 Å². The molecular weight excluding hydrogens is 1630 g/mol. The molecule has 0 fully saturated rings. The largest absolute Gasteiger partial charge is 0.309 e. The van der Waals surface area contributed by atoms with Crippen LogP contribution in [-0.2, 0) is 0 Å². The van der Waals surface area contributed by atoms with Crippen molar-refractivity contribution in [2.45, 2.75) is 14.9 Å². The topological polar surface area (TPSA) is 107 Å². The zero-order valence-corrected chi connectivity index (χ0v) is 71.4. The van der Waals surface area contributed by atoms with Crippen molar-refractivity contribution in [2.24, 2.45) is 0 Å². The van der Waals surface area contributed by atoms with Crippen LogP contribution in [0.2, 0.25) is 0 Å². The standard InChI is InChI=1S/C44H28N6.C41H27N3.C35H23N3.2CH4/c1-4-15-29(16-5-1)42-46-43(30-17-6-2-7-18-30)48-44(47-42)50-37-25-13-11-22-34(37)40-32(23-14-26-38(40)50)35-27-45-28-39-41(35)33-21-10-12-24-36(33)49(39)31-19-8-3-9-20-31;1-3-12-28(13-4-1)29-22-24-31(25-23-29)43-36-19-9-7-16-33(36)40-32(18-11-21-38(40)43)35-26-42-27-39-41(35)34-17-8-10-20-37(34)44(39)30-14-5-2-6-15-30;1-3-12-24(13-4-1)37-29-19-9-7-16-26(29)33-28(18-11-21-31(33)37)35-34-27-17-8-10-20-30(27)38(32(34)22-23-36-35)25-14-5-2-6-15-25;;/h1-28H;1-27H;1-23H;2*1H4. The number of benzene rings is 17. The van der Waals surface area contributed by atoms with Crippen molar-refractivity contribution < 1.29 is 0 Å². The molecule has 10 heterocycles. The van der Waals surface area contributed by atoms with Gasteiger partial charge in [0.15, 0.2) is 11.6 Å². The highest BCUT2D eigenvalue weighted by Gasteiger charge is 2.28. The summed E-state index contributed by atoms with van der Waals surface area (Å²) in [5, 5.41) is 14.3. The van der Waals surface area contributed by atoms with Crippen molar-refractivity contribution in [1.82, 2.24) is 57.3 Å². The quantitative estimate of drug-likeness (QED) is 0.121. The molecule has 17 aromatic carbocycles. The summed E-state index contributed by atoms with van der Waals surface area (Å²) in [5.74, 6) is 1.82. The number of aromatic nitrogens is 12. The van der Waals surface area contributed by atoms with Gasteiger partial charge in [-0.2, -0.15) is 9.97 Å². The number of hydrogen-bond acceptors (Lipinski definition) is 6. The summed E-state index contributed by atoms with van der Waals surface area (Å²) in [5.41, 5.74) is 30.2. The highest BCUT2D eigenvalue weighted by molar-refractivity contribution is 6.25.